The van der Waals surface area contributed by atoms with E-state index in [2.05, 4.69) is 20.7 Å². The zero-order valence-corrected chi connectivity index (χ0v) is 10.9. The monoisotopic (exact) mass is 291 g/mol. The van der Waals surface area contributed by atoms with Crippen molar-refractivity contribution in [2.24, 2.45) is 10.8 Å². The van der Waals surface area contributed by atoms with Gasteiger partial charge in [-0.15, -0.1) is 10.2 Å². The van der Waals surface area contributed by atoms with Crippen LogP contribution in [-0.2, 0) is 0 Å². The lowest BCUT2D eigenvalue weighted by Gasteiger charge is -2.04. The molecule has 2 amide bonds. The van der Waals surface area contributed by atoms with Crippen molar-refractivity contribution in [1.29, 1.82) is 0 Å². The van der Waals surface area contributed by atoms with E-state index in [-0.39, 0.29) is 5.15 Å². The molecule has 102 valence electrons. The lowest BCUT2D eigenvalue weighted by molar-refractivity contribution is 0.249. The van der Waals surface area contributed by atoms with Gasteiger partial charge in [0.25, 0.3) is 0 Å². The van der Waals surface area contributed by atoms with Crippen molar-refractivity contribution in [2.45, 2.75) is 0 Å². The second kappa shape index (κ2) is 6.48. The first-order valence-corrected chi connectivity index (χ1v) is 5.87. The molecule has 1 aromatic heterocycles. The number of nitrogens with two attached hydrogens (primary N) is 1. The molecule has 1 aromatic carbocycles. The maximum Gasteiger partial charge on any atom is 0.332 e. The van der Waals surface area contributed by atoms with Crippen LogP contribution in [0.3, 0.4) is 0 Å². The number of primary amides is 1. The normalized spacial score (nSPS) is 10.4. The van der Waals surface area contributed by atoms with Crippen LogP contribution in [0.4, 0.5) is 4.79 Å². The van der Waals surface area contributed by atoms with Gasteiger partial charge in [0, 0.05) is 6.07 Å². The van der Waals surface area contributed by atoms with Crippen molar-refractivity contribution in [1.82, 2.24) is 15.6 Å². The van der Waals surface area contributed by atoms with Crippen LogP contribution in [0, 0.1) is 0 Å². The number of aromatic nitrogens is 2. The Balaban J connectivity index is 2.07. The third-order valence-electron chi connectivity index (χ3n) is 2.08. The number of hydrazone groups is 1. The molecule has 0 aliphatic carbocycles. The van der Waals surface area contributed by atoms with Gasteiger partial charge in [0.2, 0.25) is 5.88 Å². The fourth-order valence-electron chi connectivity index (χ4n) is 1.31. The number of rotatable bonds is 4. The van der Waals surface area contributed by atoms with Crippen molar-refractivity contribution in [2.75, 3.05) is 0 Å². The summed E-state index contributed by atoms with van der Waals surface area (Å²) >= 11 is 5.63. The minimum absolute atomic E-state index is 0.288. The molecule has 1 heterocycles. The summed E-state index contributed by atoms with van der Waals surface area (Å²) in [5, 5.41) is 11.4. The molecule has 0 spiro atoms. The highest BCUT2D eigenvalue weighted by Gasteiger charge is 2.00. The lowest BCUT2D eigenvalue weighted by Crippen LogP contribution is -2.24. The van der Waals surface area contributed by atoms with Gasteiger partial charge in [-0.25, -0.2) is 10.2 Å². The summed E-state index contributed by atoms with van der Waals surface area (Å²) in [6.07, 6.45) is 1.44. The van der Waals surface area contributed by atoms with E-state index < -0.39 is 6.03 Å². The first-order valence-electron chi connectivity index (χ1n) is 5.49. The number of benzene rings is 1. The van der Waals surface area contributed by atoms with E-state index in [1.54, 1.807) is 36.4 Å². The Bertz CT molecular complexity index is 630. The molecule has 0 saturated carbocycles. The fraction of sp³-hybridized carbons (Fsp3) is 0. The summed E-state index contributed by atoms with van der Waals surface area (Å²) in [5.74, 6) is 0.864. The predicted octanol–water partition coefficient (Wildman–Crippen LogP) is 1.92. The maximum absolute atomic E-state index is 10.5. The molecule has 0 aliphatic heterocycles. The van der Waals surface area contributed by atoms with Crippen molar-refractivity contribution in [3.8, 4) is 11.6 Å². The molecule has 0 fully saturated rings. The molecule has 0 saturated heterocycles. The van der Waals surface area contributed by atoms with Gasteiger partial charge >= 0.3 is 6.03 Å². The van der Waals surface area contributed by atoms with Crippen LogP contribution in [-0.4, -0.2) is 22.4 Å². The van der Waals surface area contributed by atoms with Crippen molar-refractivity contribution >= 4 is 23.8 Å². The number of nitrogens with zero attached hydrogens (tertiary/aromatic N) is 3. The fourth-order valence-corrected chi connectivity index (χ4v) is 1.41. The van der Waals surface area contributed by atoms with E-state index in [0.29, 0.717) is 11.6 Å². The van der Waals surface area contributed by atoms with Gasteiger partial charge in [0.15, 0.2) is 5.15 Å². The Labute approximate surface area is 119 Å². The maximum atomic E-state index is 10.5. The van der Waals surface area contributed by atoms with E-state index >= 15 is 0 Å². The van der Waals surface area contributed by atoms with Gasteiger partial charge in [0.1, 0.15) is 5.75 Å². The Kier molecular flexibility index (Phi) is 4.46. The number of nitrogens with one attached hydrogen (secondary N) is 1. The Hall–Kier alpha value is -2.67. The van der Waals surface area contributed by atoms with Gasteiger partial charge < -0.3 is 10.5 Å². The third kappa shape index (κ3) is 4.21. The number of amides is 2. The average Bonchev–Trinajstić information content (AvgIpc) is 2.41. The van der Waals surface area contributed by atoms with Gasteiger partial charge in [-0.2, -0.15) is 5.10 Å². The number of carbonyl (C=O) groups is 1. The molecule has 2 aromatic rings. The van der Waals surface area contributed by atoms with Crippen molar-refractivity contribution in [3.05, 3.63) is 47.1 Å². The van der Waals surface area contributed by atoms with Gasteiger partial charge in [-0.1, -0.05) is 23.7 Å². The largest absolute Gasteiger partial charge is 0.438 e. The van der Waals surface area contributed by atoms with Crippen LogP contribution in [0.1, 0.15) is 5.56 Å². The predicted molar refractivity (Wildman–Crippen MR) is 73.9 cm³/mol. The SMILES string of the molecule is NC(=O)NN=Cc1cccc(Oc2ccc(Cl)nn2)c1. The van der Waals surface area contributed by atoms with E-state index in [1.165, 1.54) is 6.21 Å². The van der Waals surface area contributed by atoms with Gasteiger partial charge in [0.05, 0.1) is 6.21 Å². The molecule has 2 rings (SSSR count). The first kappa shape index (κ1) is 13.8. The zero-order valence-electron chi connectivity index (χ0n) is 10.2. The van der Waals surface area contributed by atoms with Crippen LogP contribution < -0.4 is 15.9 Å². The van der Waals surface area contributed by atoms with E-state index in [1.807, 2.05) is 0 Å². The lowest BCUT2D eigenvalue weighted by atomic mass is 10.2. The van der Waals surface area contributed by atoms with E-state index in [4.69, 9.17) is 22.1 Å². The number of halogens is 1. The number of urea groups is 1. The van der Waals surface area contributed by atoms with Gasteiger partial charge in [-0.05, 0) is 23.8 Å². The molecular weight excluding hydrogens is 282 g/mol. The molecule has 7 nitrogen and oxygen atoms in total. The Morgan fingerprint density at radius 2 is 2.20 bits per heavy atom. The quantitative estimate of drug-likeness (QED) is 0.663. The second-order valence-corrected chi connectivity index (χ2v) is 3.99. The topological polar surface area (TPSA) is 102 Å². The summed E-state index contributed by atoms with van der Waals surface area (Å²) in [6, 6.07) is 9.45. The molecule has 0 bridgehead atoms. The van der Waals surface area contributed by atoms with Crippen LogP contribution in [0.15, 0.2) is 41.5 Å². The molecule has 0 radical (unpaired) electrons. The number of hydrogen-bond acceptors (Lipinski definition) is 5. The standard InChI is InChI=1S/C12H10ClN5O2/c13-10-4-5-11(17-16-10)20-9-3-1-2-8(6-9)7-15-18-12(14)19/h1-7H,(H3,14,18,19). The van der Waals surface area contributed by atoms with E-state index in [9.17, 15) is 4.79 Å². The van der Waals surface area contributed by atoms with Crippen LogP contribution in [0.2, 0.25) is 5.15 Å². The van der Waals surface area contributed by atoms with Crippen LogP contribution >= 0.6 is 11.6 Å². The number of ether oxygens (including phenoxy) is 1. The molecule has 0 unspecified atom stereocenters. The molecule has 3 N–H and O–H groups in total. The summed E-state index contributed by atoms with van der Waals surface area (Å²) in [5.41, 5.74) is 7.71. The molecule has 0 atom stereocenters. The number of carbonyl (C=O) groups excluding carboxylic acids is 1. The smallest absolute Gasteiger partial charge is 0.332 e. The highest BCUT2D eigenvalue weighted by atomic mass is 35.5. The minimum Gasteiger partial charge on any atom is -0.438 e. The second-order valence-electron chi connectivity index (χ2n) is 3.60. The summed E-state index contributed by atoms with van der Waals surface area (Å²) in [6.45, 7) is 0. The third-order valence-corrected chi connectivity index (χ3v) is 2.28. The van der Waals surface area contributed by atoms with Crippen LogP contribution in [0.5, 0.6) is 11.6 Å². The molecule has 8 heteroatoms. The number of hydrogen-bond donors (Lipinski definition) is 2. The van der Waals surface area contributed by atoms with Crippen molar-refractivity contribution < 1.29 is 9.53 Å². The summed E-state index contributed by atoms with van der Waals surface area (Å²) in [7, 11) is 0. The van der Waals surface area contributed by atoms with Crippen molar-refractivity contribution in [3.63, 3.8) is 0 Å². The van der Waals surface area contributed by atoms with Crippen LogP contribution in [0.25, 0.3) is 0 Å². The molecule has 20 heavy (non-hydrogen) atoms. The Morgan fingerprint density at radius 1 is 1.35 bits per heavy atom. The minimum atomic E-state index is -0.731. The summed E-state index contributed by atoms with van der Waals surface area (Å²) < 4.78 is 5.50. The van der Waals surface area contributed by atoms with E-state index in [0.717, 1.165) is 5.56 Å². The molecular formula is C12H10ClN5O2. The highest BCUT2D eigenvalue weighted by Crippen LogP contribution is 2.19. The highest BCUT2D eigenvalue weighted by molar-refractivity contribution is 6.29. The van der Waals surface area contributed by atoms with Gasteiger partial charge in [-0.3, -0.25) is 0 Å². The Morgan fingerprint density at radius 3 is 2.90 bits per heavy atom. The average molecular weight is 292 g/mol. The zero-order chi connectivity index (χ0) is 14.4. The summed E-state index contributed by atoms with van der Waals surface area (Å²) in [4.78, 5) is 10.5. The first-order chi connectivity index (χ1) is 9.63. The molecule has 0 aliphatic rings.